The molecule has 0 fully saturated rings. The van der Waals surface area contributed by atoms with Crippen LogP contribution < -0.4 is 15.0 Å². The molecule has 3 amide bonds. The molecule has 234 valence electrons. The number of benzene rings is 3. The third-order valence-corrected chi connectivity index (χ3v) is 8.32. The largest absolute Gasteiger partial charge is 0.489 e. The van der Waals surface area contributed by atoms with Crippen LogP contribution in [0.25, 0.3) is 0 Å². The molecule has 7 nitrogen and oxygen atoms in total. The lowest BCUT2D eigenvalue weighted by atomic mass is 9.92. The monoisotopic (exact) mass is 604 g/mol. The van der Waals surface area contributed by atoms with Crippen LogP contribution >= 0.6 is 0 Å². The molecule has 0 spiro atoms. The highest BCUT2D eigenvalue weighted by molar-refractivity contribution is 6.01. The molecule has 2 heterocycles. The lowest BCUT2D eigenvalue weighted by molar-refractivity contribution is -0.117. The molecular formula is C38H44N4O3. The summed E-state index contributed by atoms with van der Waals surface area (Å²) < 4.78 is 6.01. The molecule has 0 saturated carbocycles. The maximum absolute atomic E-state index is 14.3. The van der Waals surface area contributed by atoms with Gasteiger partial charge in [-0.15, -0.1) is 0 Å². The first-order valence-electron chi connectivity index (χ1n) is 16.0. The molecule has 0 bridgehead atoms. The number of unbranched alkanes of at least 4 members (excludes halogenated alkanes) is 1. The third-order valence-electron chi connectivity index (χ3n) is 8.32. The minimum absolute atomic E-state index is 0.0797. The minimum atomic E-state index is -0.436. The van der Waals surface area contributed by atoms with Crippen molar-refractivity contribution in [2.24, 2.45) is 0 Å². The molecule has 1 aliphatic rings. The van der Waals surface area contributed by atoms with E-state index in [9.17, 15) is 9.59 Å². The summed E-state index contributed by atoms with van der Waals surface area (Å²) in [6, 6.07) is 25.3. The number of hydrogen-bond donors (Lipinski definition) is 1. The number of para-hydroxylation sites is 2. The number of aromatic nitrogens is 1. The molecule has 7 heteroatoms. The number of amides is 3. The summed E-state index contributed by atoms with van der Waals surface area (Å²) in [6.07, 6.45) is 5.35. The van der Waals surface area contributed by atoms with E-state index >= 15 is 0 Å². The standard InChI is InChI=1S/C38H44N4O3/c1-6-7-22-41-34-16-9-8-13-33(34)37(29-17-19-30(20-18-29)45-25-28-12-11-21-39-23-28)42(38(41)44)24-35(43)40-36-31(26(2)3)14-10-15-32(36)27(4)5/h8-21,23,26-27,37H,6-7,22,24-25H2,1-5H3,(H,40,43). The number of rotatable bonds is 12. The van der Waals surface area contributed by atoms with Gasteiger partial charge in [0, 0.05) is 35.8 Å². The van der Waals surface area contributed by atoms with E-state index in [1.165, 1.54) is 0 Å². The summed E-state index contributed by atoms with van der Waals surface area (Å²) in [5.41, 5.74) is 6.82. The SMILES string of the molecule is CCCCN1C(=O)N(CC(=O)Nc2c(C(C)C)cccc2C(C)C)C(c2ccc(OCc3cccnc3)cc2)c2ccccc21. The summed E-state index contributed by atoms with van der Waals surface area (Å²) in [5, 5.41) is 3.23. The van der Waals surface area contributed by atoms with Gasteiger partial charge in [0.1, 0.15) is 18.9 Å². The van der Waals surface area contributed by atoms with Crippen molar-refractivity contribution in [1.82, 2.24) is 9.88 Å². The number of urea groups is 1. The van der Waals surface area contributed by atoms with Crippen molar-refractivity contribution in [2.45, 2.75) is 71.9 Å². The first-order chi connectivity index (χ1) is 21.8. The van der Waals surface area contributed by atoms with Gasteiger partial charge in [0.15, 0.2) is 0 Å². The Balaban J connectivity index is 1.48. The molecule has 0 aliphatic carbocycles. The molecular weight excluding hydrogens is 560 g/mol. The Bertz CT molecular complexity index is 1580. The van der Waals surface area contributed by atoms with Gasteiger partial charge in [-0.05, 0) is 59.2 Å². The molecule has 1 atom stereocenters. The zero-order chi connectivity index (χ0) is 31.9. The molecule has 0 saturated heterocycles. The number of ether oxygens (including phenoxy) is 1. The summed E-state index contributed by atoms with van der Waals surface area (Å²) in [5.74, 6) is 0.977. The first-order valence-corrected chi connectivity index (χ1v) is 16.0. The molecule has 1 aromatic heterocycles. The maximum atomic E-state index is 14.3. The Hall–Kier alpha value is -4.65. The van der Waals surface area contributed by atoms with E-state index in [4.69, 9.17) is 4.74 Å². The van der Waals surface area contributed by atoms with Crippen LogP contribution in [-0.2, 0) is 11.4 Å². The molecule has 3 aromatic carbocycles. The zero-order valence-corrected chi connectivity index (χ0v) is 27.0. The highest BCUT2D eigenvalue weighted by Gasteiger charge is 2.39. The quantitative estimate of drug-likeness (QED) is 0.176. The van der Waals surface area contributed by atoms with Crippen LogP contribution in [0.5, 0.6) is 5.75 Å². The van der Waals surface area contributed by atoms with Gasteiger partial charge < -0.3 is 15.0 Å². The fourth-order valence-electron chi connectivity index (χ4n) is 5.98. The molecule has 0 radical (unpaired) electrons. The zero-order valence-electron chi connectivity index (χ0n) is 27.0. The highest BCUT2D eigenvalue weighted by atomic mass is 16.5. The van der Waals surface area contributed by atoms with E-state index in [2.05, 4.69) is 69.2 Å². The van der Waals surface area contributed by atoms with Crippen molar-refractivity contribution >= 4 is 23.3 Å². The topological polar surface area (TPSA) is 74.8 Å². The Morgan fingerprint density at radius 2 is 1.62 bits per heavy atom. The minimum Gasteiger partial charge on any atom is -0.489 e. The lowest BCUT2D eigenvalue weighted by Gasteiger charge is -2.42. The van der Waals surface area contributed by atoms with Gasteiger partial charge in [0.2, 0.25) is 5.91 Å². The smallest absolute Gasteiger partial charge is 0.325 e. The van der Waals surface area contributed by atoms with Crippen molar-refractivity contribution < 1.29 is 14.3 Å². The van der Waals surface area contributed by atoms with Crippen molar-refractivity contribution in [3.8, 4) is 5.75 Å². The van der Waals surface area contributed by atoms with E-state index < -0.39 is 6.04 Å². The highest BCUT2D eigenvalue weighted by Crippen LogP contribution is 2.41. The first kappa shape index (κ1) is 31.8. The number of carbonyl (C=O) groups excluding carboxylic acids is 2. The van der Waals surface area contributed by atoms with Gasteiger partial charge in [0.05, 0.1) is 11.7 Å². The molecule has 1 N–H and O–H groups in total. The van der Waals surface area contributed by atoms with Crippen LogP contribution in [0.1, 0.15) is 93.2 Å². The van der Waals surface area contributed by atoms with Crippen LogP contribution in [0, 0.1) is 0 Å². The van der Waals surface area contributed by atoms with Crippen LogP contribution in [-0.4, -0.2) is 34.9 Å². The number of carbonyl (C=O) groups is 2. The normalized spacial score (nSPS) is 14.6. The van der Waals surface area contributed by atoms with E-state index in [0.717, 1.165) is 57.8 Å². The van der Waals surface area contributed by atoms with Gasteiger partial charge in [-0.3, -0.25) is 14.7 Å². The number of pyridine rings is 1. The molecule has 45 heavy (non-hydrogen) atoms. The van der Waals surface area contributed by atoms with Crippen molar-refractivity contribution in [2.75, 3.05) is 23.3 Å². The number of fused-ring (bicyclic) bond motifs is 1. The number of nitrogens with zero attached hydrogens (tertiary/aromatic N) is 3. The van der Waals surface area contributed by atoms with E-state index in [1.807, 2.05) is 59.5 Å². The van der Waals surface area contributed by atoms with Gasteiger partial charge in [-0.2, -0.15) is 0 Å². The van der Waals surface area contributed by atoms with E-state index in [1.54, 1.807) is 17.3 Å². The average Bonchev–Trinajstić information content (AvgIpc) is 3.04. The molecule has 1 unspecified atom stereocenters. The number of nitrogens with one attached hydrogen (secondary N) is 1. The van der Waals surface area contributed by atoms with Gasteiger partial charge in [0.25, 0.3) is 0 Å². The van der Waals surface area contributed by atoms with Crippen LogP contribution in [0.3, 0.4) is 0 Å². The van der Waals surface area contributed by atoms with E-state index in [0.29, 0.717) is 13.2 Å². The summed E-state index contributed by atoms with van der Waals surface area (Å²) in [7, 11) is 0. The van der Waals surface area contributed by atoms with Crippen LogP contribution in [0.15, 0.2) is 91.3 Å². The maximum Gasteiger partial charge on any atom is 0.325 e. The second kappa shape index (κ2) is 14.4. The Labute approximate surface area is 267 Å². The Morgan fingerprint density at radius 3 is 2.27 bits per heavy atom. The van der Waals surface area contributed by atoms with Crippen molar-refractivity contribution in [3.63, 3.8) is 0 Å². The van der Waals surface area contributed by atoms with Crippen LogP contribution in [0.4, 0.5) is 16.2 Å². The summed E-state index contributed by atoms with van der Waals surface area (Å²) >= 11 is 0. The van der Waals surface area contributed by atoms with E-state index in [-0.39, 0.29) is 30.3 Å². The average molecular weight is 605 g/mol. The van der Waals surface area contributed by atoms with Gasteiger partial charge in [-0.1, -0.05) is 95.6 Å². The third kappa shape index (κ3) is 7.19. The molecule has 5 rings (SSSR count). The van der Waals surface area contributed by atoms with Crippen molar-refractivity contribution in [1.29, 1.82) is 0 Å². The molecule has 4 aromatic rings. The van der Waals surface area contributed by atoms with Crippen molar-refractivity contribution in [3.05, 3.63) is 119 Å². The van der Waals surface area contributed by atoms with Gasteiger partial charge >= 0.3 is 6.03 Å². The predicted molar refractivity (Wildman–Crippen MR) is 181 cm³/mol. The second-order valence-corrected chi connectivity index (χ2v) is 12.3. The number of anilines is 2. The Morgan fingerprint density at radius 1 is 0.911 bits per heavy atom. The lowest BCUT2D eigenvalue weighted by Crippen LogP contribution is -2.52. The fourth-order valence-corrected chi connectivity index (χ4v) is 5.98. The Kier molecular flexibility index (Phi) is 10.2. The second-order valence-electron chi connectivity index (χ2n) is 12.3. The summed E-state index contributed by atoms with van der Waals surface area (Å²) in [4.78, 5) is 35.9. The van der Waals surface area contributed by atoms with Gasteiger partial charge in [-0.25, -0.2) is 4.79 Å². The fraction of sp³-hybridized carbons (Fsp3) is 0.342. The predicted octanol–water partition coefficient (Wildman–Crippen LogP) is 8.68. The summed E-state index contributed by atoms with van der Waals surface area (Å²) in [6.45, 7) is 11.6. The molecule has 1 aliphatic heterocycles. The van der Waals surface area contributed by atoms with Crippen LogP contribution in [0.2, 0.25) is 0 Å². The number of hydrogen-bond acceptors (Lipinski definition) is 4.